The van der Waals surface area contributed by atoms with Gasteiger partial charge in [0.15, 0.2) is 0 Å². The van der Waals surface area contributed by atoms with Gasteiger partial charge < -0.3 is 0 Å². The van der Waals surface area contributed by atoms with Gasteiger partial charge in [-0.05, 0) is 42.0 Å². The molecule has 25 heavy (non-hydrogen) atoms. The smallest absolute Gasteiger partial charge is 0.266 e. The maximum Gasteiger partial charge on any atom is 0.271 e. The van der Waals surface area contributed by atoms with Crippen molar-refractivity contribution < 1.29 is 13.3 Å². The van der Waals surface area contributed by atoms with Gasteiger partial charge in [0.25, 0.3) is 15.7 Å². The first-order chi connectivity index (χ1) is 11.8. The molecule has 3 rings (SSSR count). The van der Waals surface area contributed by atoms with Crippen molar-refractivity contribution in [3.05, 3.63) is 63.7 Å². The molecule has 0 saturated heterocycles. The van der Waals surface area contributed by atoms with E-state index in [1.165, 1.54) is 16.4 Å². The van der Waals surface area contributed by atoms with E-state index in [0.717, 1.165) is 11.1 Å². The maximum absolute atomic E-state index is 13.1. The van der Waals surface area contributed by atoms with Crippen molar-refractivity contribution in [1.29, 1.82) is 0 Å². The van der Waals surface area contributed by atoms with Crippen LogP contribution in [0.5, 0.6) is 0 Å². The zero-order valence-electron chi connectivity index (χ0n) is 14.2. The number of hydrogen-bond acceptors (Lipinski definition) is 4. The van der Waals surface area contributed by atoms with E-state index in [-0.39, 0.29) is 10.6 Å². The molecule has 1 aliphatic rings. The Morgan fingerprint density at radius 2 is 1.80 bits per heavy atom. The number of rotatable bonds is 4. The first kappa shape index (κ1) is 17.4. The lowest BCUT2D eigenvalue weighted by molar-refractivity contribution is -0.384. The average Bonchev–Trinajstić information content (AvgIpc) is 2.60. The molecule has 6 nitrogen and oxygen atoms in total. The zero-order chi connectivity index (χ0) is 18.2. The van der Waals surface area contributed by atoms with Crippen LogP contribution < -0.4 is 4.31 Å². The van der Waals surface area contributed by atoms with Crippen LogP contribution in [-0.2, 0) is 16.4 Å². The monoisotopic (exact) mass is 360 g/mol. The Bertz CT molecular complexity index is 905. The normalized spacial score (nSPS) is 14.4. The topological polar surface area (TPSA) is 80.5 Å². The molecule has 0 aromatic heterocycles. The van der Waals surface area contributed by atoms with Gasteiger partial charge in [0.05, 0.1) is 15.5 Å². The minimum atomic E-state index is -3.75. The van der Waals surface area contributed by atoms with Gasteiger partial charge in [-0.3, -0.25) is 14.4 Å². The summed E-state index contributed by atoms with van der Waals surface area (Å²) in [5.41, 5.74) is 2.19. The number of sulfonamides is 1. The van der Waals surface area contributed by atoms with Crippen molar-refractivity contribution in [2.24, 2.45) is 0 Å². The second-order valence-corrected chi connectivity index (χ2v) is 8.34. The Labute approximate surface area is 147 Å². The highest BCUT2D eigenvalue weighted by Crippen LogP contribution is 2.34. The summed E-state index contributed by atoms with van der Waals surface area (Å²) in [5, 5.41) is 11.1. The molecule has 0 fully saturated rings. The standard InChI is InChI=1S/C18H20N2O4S/c1-13(2)14-6-9-17(10-7-14)25(23,24)19-11-3-4-15-5-8-16(20(21)22)12-18(15)19/h5-10,12-13H,3-4,11H2,1-2H3. The SMILES string of the molecule is CC(C)c1ccc(S(=O)(=O)N2CCCc3ccc([N+](=O)[O-])cc32)cc1. The summed E-state index contributed by atoms with van der Waals surface area (Å²) in [6, 6.07) is 11.3. The molecule has 7 heteroatoms. The van der Waals surface area contributed by atoms with E-state index >= 15 is 0 Å². The minimum absolute atomic E-state index is 0.101. The van der Waals surface area contributed by atoms with E-state index in [1.54, 1.807) is 18.2 Å². The van der Waals surface area contributed by atoms with Crippen molar-refractivity contribution >= 4 is 21.4 Å². The van der Waals surface area contributed by atoms with Crippen LogP contribution in [0.2, 0.25) is 0 Å². The van der Waals surface area contributed by atoms with Gasteiger partial charge in [-0.15, -0.1) is 0 Å². The van der Waals surface area contributed by atoms with E-state index in [2.05, 4.69) is 0 Å². The molecule has 0 spiro atoms. The number of hydrogen-bond donors (Lipinski definition) is 0. The predicted octanol–water partition coefficient (Wildman–Crippen LogP) is 3.86. The molecule has 0 bridgehead atoms. The van der Waals surface area contributed by atoms with Gasteiger partial charge in [0.2, 0.25) is 0 Å². The lowest BCUT2D eigenvalue weighted by Crippen LogP contribution is -2.35. The maximum atomic E-state index is 13.1. The quantitative estimate of drug-likeness (QED) is 0.612. The molecule has 0 radical (unpaired) electrons. The third-order valence-electron chi connectivity index (χ3n) is 4.49. The fraction of sp³-hybridized carbons (Fsp3) is 0.333. The summed E-state index contributed by atoms with van der Waals surface area (Å²) >= 11 is 0. The molecule has 0 N–H and O–H groups in total. The Morgan fingerprint density at radius 1 is 1.12 bits per heavy atom. The summed E-state index contributed by atoms with van der Waals surface area (Å²) in [5.74, 6) is 0.315. The van der Waals surface area contributed by atoms with Crippen molar-refractivity contribution in [1.82, 2.24) is 0 Å². The lowest BCUT2D eigenvalue weighted by Gasteiger charge is -2.30. The Hall–Kier alpha value is -2.41. The molecule has 1 heterocycles. The zero-order valence-corrected chi connectivity index (χ0v) is 15.0. The summed E-state index contributed by atoms with van der Waals surface area (Å²) in [7, 11) is -3.75. The first-order valence-corrected chi connectivity index (χ1v) is 9.65. The van der Waals surface area contributed by atoms with E-state index in [9.17, 15) is 18.5 Å². The van der Waals surface area contributed by atoms with Crippen LogP contribution in [0.15, 0.2) is 47.4 Å². The van der Waals surface area contributed by atoms with Gasteiger partial charge in [-0.2, -0.15) is 0 Å². The molecule has 0 saturated carbocycles. The Balaban J connectivity index is 2.04. The van der Waals surface area contributed by atoms with E-state index in [1.807, 2.05) is 26.0 Å². The van der Waals surface area contributed by atoms with Gasteiger partial charge in [0.1, 0.15) is 0 Å². The van der Waals surface area contributed by atoms with Gasteiger partial charge in [0, 0.05) is 18.7 Å². The number of anilines is 1. The molecule has 0 unspecified atom stereocenters. The third-order valence-corrected chi connectivity index (χ3v) is 6.32. The summed E-state index contributed by atoms with van der Waals surface area (Å²) in [6.45, 7) is 4.41. The van der Waals surface area contributed by atoms with Crippen LogP contribution in [0.4, 0.5) is 11.4 Å². The third kappa shape index (κ3) is 3.24. The molecular weight excluding hydrogens is 340 g/mol. The number of nitrogens with zero attached hydrogens (tertiary/aromatic N) is 2. The molecule has 0 atom stereocenters. The van der Waals surface area contributed by atoms with Crippen molar-refractivity contribution in [3.63, 3.8) is 0 Å². The number of nitro benzene ring substituents is 1. The highest BCUT2D eigenvalue weighted by Gasteiger charge is 2.30. The van der Waals surface area contributed by atoms with Gasteiger partial charge >= 0.3 is 0 Å². The minimum Gasteiger partial charge on any atom is -0.266 e. The van der Waals surface area contributed by atoms with Crippen LogP contribution in [0, 0.1) is 10.1 Å². The molecule has 1 aliphatic heterocycles. The largest absolute Gasteiger partial charge is 0.271 e. The van der Waals surface area contributed by atoms with E-state index in [0.29, 0.717) is 31.0 Å². The molecule has 132 valence electrons. The highest BCUT2D eigenvalue weighted by molar-refractivity contribution is 7.92. The number of fused-ring (bicyclic) bond motifs is 1. The van der Waals surface area contributed by atoms with Gasteiger partial charge in [-0.25, -0.2) is 8.42 Å². The summed E-state index contributed by atoms with van der Waals surface area (Å²) in [4.78, 5) is 10.8. The molecule has 2 aromatic rings. The molecular formula is C18H20N2O4S. The van der Waals surface area contributed by atoms with Crippen molar-refractivity contribution in [2.75, 3.05) is 10.8 Å². The van der Waals surface area contributed by atoms with E-state index < -0.39 is 14.9 Å². The summed E-state index contributed by atoms with van der Waals surface area (Å²) in [6.07, 6.45) is 1.40. The van der Waals surface area contributed by atoms with Gasteiger partial charge in [-0.1, -0.05) is 32.0 Å². The Morgan fingerprint density at radius 3 is 2.40 bits per heavy atom. The fourth-order valence-corrected chi connectivity index (χ4v) is 4.58. The second kappa shape index (κ2) is 6.48. The summed E-state index contributed by atoms with van der Waals surface area (Å²) < 4.78 is 27.4. The first-order valence-electron chi connectivity index (χ1n) is 8.20. The average molecular weight is 360 g/mol. The van der Waals surface area contributed by atoms with Crippen molar-refractivity contribution in [2.45, 2.75) is 37.5 Å². The van der Waals surface area contributed by atoms with Crippen LogP contribution >= 0.6 is 0 Å². The van der Waals surface area contributed by atoms with Crippen molar-refractivity contribution in [3.8, 4) is 0 Å². The fourth-order valence-electron chi connectivity index (χ4n) is 3.04. The predicted molar refractivity (Wildman–Crippen MR) is 96.5 cm³/mol. The molecule has 2 aromatic carbocycles. The highest BCUT2D eigenvalue weighted by atomic mass is 32.2. The second-order valence-electron chi connectivity index (χ2n) is 6.47. The number of non-ortho nitro benzene ring substituents is 1. The number of benzene rings is 2. The molecule has 0 aliphatic carbocycles. The van der Waals surface area contributed by atoms with Crippen LogP contribution in [0.3, 0.4) is 0 Å². The lowest BCUT2D eigenvalue weighted by atomic mass is 10.0. The van der Waals surface area contributed by atoms with Crippen LogP contribution in [0.1, 0.15) is 37.3 Å². The van der Waals surface area contributed by atoms with Crippen LogP contribution in [0.25, 0.3) is 0 Å². The van der Waals surface area contributed by atoms with E-state index in [4.69, 9.17) is 0 Å². The number of aryl methyl sites for hydroxylation is 1. The molecule has 0 amide bonds. The van der Waals surface area contributed by atoms with Crippen LogP contribution in [-0.4, -0.2) is 19.9 Å². The number of nitro groups is 1. The Kier molecular flexibility index (Phi) is 4.51.